The molecule has 1 N–H and O–H groups in total. The average Bonchev–Trinajstić information content (AvgIpc) is 2.69. The Kier molecular flexibility index (Phi) is 5.10. The minimum atomic E-state index is -0.896. The normalized spacial score (nSPS) is 15.9. The van der Waals surface area contributed by atoms with Crippen LogP contribution in [0, 0.1) is 17.5 Å². The molecule has 146 valence electrons. The minimum absolute atomic E-state index is 0.00882. The maximum absolute atomic E-state index is 14.3. The van der Waals surface area contributed by atoms with Crippen molar-refractivity contribution in [2.75, 3.05) is 19.8 Å². The fourth-order valence-electron chi connectivity index (χ4n) is 3.01. The summed E-state index contributed by atoms with van der Waals surface area (Å²) in [5.41, 5.74) is 0.293. The van der Waals surface area contributed by atoms with Gasteiger partial charge < -0.3 is 19.7 Å². The Bertz CT molecular complexity index is 923. The predicted molar refractivity (Wildman–Crippen MR) is 97.3 cm³/mol. The number of nitrogens with one attached hydrogen (secondary N) is 1. The Morgan fingerprint density at radius 1 is 1.11 bits per heavy atom. The van der Waals surface area contributed by atoms with Crippen molar-refractivity contribution in [3.8, 4) is 11.5 Å². The van der Waals surface area contributed by atoms with Gasteiger partial charge in [0.1, 0.15) is 30.7 Å². The van der Waals surface area contributed by atoms with Gasteiger partial charge in [-0.3, -0.25) is 0 Å². The third kappa shape index (κ3) is 4.05. The van der Waals surface area contributed by atoms with Crippen molar-refractivity contribution in [1.29, 1.82) is 0 Å². The Hall–Kier alpha value is -3.16. The van der Waals surface area contributed by atoms with E-state index in [1.165, 1.54) is 18.2 Å². The molecule has 1 fully saturated rings. The lowest BCUT2D eigenvalue weighted by Gasteiger charge is -2.33. The second kappa shape index (κ2) is 7.84. The zero-order chi connectivity index (χ0) is 19.5. The average molecular weight is 389 g/mol. The summed E-state index contributed by atoms with van der Waals surface area (Å²) in [4.78, 5) is 6.40. The van der Waals surface area contributed by atoms with Crippen LogP contribution in [0.25, 0.3) is 0 Å². The molecule has 4 rings (SSSR count). The number of halogens is 3. The zero-order valence-corrected chi connectivity index (χ0v) is 14.9. The lowest BCUT2D eigenvalue weighted by Crippen LogP contribution is -2.41. The molecular weight excluding hydrogens is 371 g/mol. The molecule has 5 nitrogen and oxygen atoms in total. The van der Waals surface area contributed by atoms with Crippen molar-refractivity contribution in [2.24, 2.45) is 4.99 Å². The first-order chi connectivity index (χ1) is 13.6. The van der Waals surface area contributed by atoms with Crippen molar-refractivity contribution in [3.63, 3.8) is 0 Å². The summed E-state index contributed by atoms with van der Waals surface area (Å²) < 4.78 is 52.6. The predicted octanol–water partition coefficient (Wildman–Crippen LogP) is 3.92. The van der Waals surface area contributed by atoms with Crippen molar-refractivity contribution >= 4 is 5.90 Å². The lowest BCUT2D eigenvalue weighted by atomic mass is 10.2. The maximum atomic E-state index is 14.3. The standard InChI is InChI=1S/C20H18F3N3O2/c21-14-3-1-4-15(9-14)28-20-16(22)7-13(8-17(20)23)11-27-19-10-18-24-5-2-6-26(18)12-25-19/h1,3-4,7-10,24H,2,5-6,11-12H2. The molecule has 2 heterocycles. The van der Waals surface area contributed by atoms with Gasteiger partial charge in [-0.05, 0) is 36.2 Å². The van der Waals surface area contributed by atoms with Gasteiger partial charge in [0.05, 0.1) is 0 Å². The molecule has 0 saturated carbocycles. The highest BCUT2D eigenvalue weighted by Gasteiger charge is 2.19. The molecule has 8 heteroatoms. The fraction of sp³-hybridized carbons (Fsp3) is 0.250. The Balaban J connectivity index is 1.43. The molecule has 0 amide bonds. The molecule has 2 aromatic rings. The Morgan fingerprint density at radius 3 is 2.71 bits per heavy atom. The van der Waals surface area contributed by atoms with Crippen LogP contribution in [0.15, 0.2) is 53.3 Å². The van der Waals surface area contributed by atoms with E-state index < -0.39 is 23.2 Å². The fourth-order valence-corrected chi connectivity index (χ4v) is 3.01. The summed E-state index contributed by atoms with van der Waals surface area (Å²) in [6.07, 6.45) is 2.82. The molecule has 28 heavy (non-hydrogen) atoms. The second-order valence-electron chi connectivity index (χ2n) is 6.45. The highest BCUT2D eigenvalue weighted by molar-refractivity contribution is 5.88. The number of hydrogen-bond donors (Lipinski definition) is 1. The molecule has 2 aliphatic heterocycles. The van der Waals surface area contributed by atoms with Gasteiger partial charge in [-0.1, -0.05) is 6.07 Å². The van der Waals surface area contributed by atoms with E-state index in [0.29, 0.717) is 18.1 Å². The third-order valence-electron chi connectivity index (χ3n) is 4.37. The van der Waals surface area contributed by atoms with Crippen LogP contribution < -0.4 is 10.1 Å². The highest BCUT2D eigenvalue weighted by atomic mass is 19.1. The van der Waals surface area contributed by atoms with E-state index in [-0.39, 0.29) is 12.4 Å². The van der Waals surface area contributed by atoms with Crippen LogP contribution in [0.5, 0.6) is 11.5 Å². The van der Waals surface area contributed by atoms with Crippen LogP contribution in [0.1, 0.15) is 12.0 Å². The van der Waals surface area contributed by atoms with Gasteiger partial charge >= 0.3 is 0 Å². The van der Waals surface area contributed by atoms with E-state index >= 15 is 0 Å². The van der Waals surface area contributed by atoms with Crippen LogP contribution >= 0.6 is 0 Å². The summed E-state index contributed by atoms with van der Waals surface area (Å²) in [6, 6.07) is 7.32. The van der Waals surface area contributed by atoms with Crippen molar-refractivity contribution in [3.05, 3.63) is 71.3 Å². The first-order valence-corrected chi connectivity index (χ1v) is 8.87. The first-order valence-electron chi connectivity index (χ1n) is 8.87. The van der Waals surface area contributed by atoms with Gasteiger partial charge in [0.25, 0.3) is 0 Å². The van der Waals surface area contributed by atoms with Gasteiger partial charge in [0, 0.05) is 25.2 Å². The van der Waals surface area contributed by atoms with Gasteiger partial charge in [0.2, 0.25) is 5.90 Å². The molecule has 2 aromatic carbocycles. The molecule has 2 aliphatic rings. The molecule has 0 aliphatic carbocycles. The van der Waals surface area contributed by atoms with E-state index in [4.69, 9.17) is 9.47 Å². The first kappa shape index (κ1) is 18.2. The van der Waals surface area contributed by atoms with Gasteiger partial charge in [-0.25, -0.2) is 18.2 Å². The lowest BCUT2D eigenvalue weighted by molar-refractivity contribution is 0.256. The highest BCUT2D eigenvalue weighted by Crippen LogP contribution is 2.29. The van der Waals surface area contributed by atoms with E-state index in [2.05, 4.69) is 15.2 Å². The minimum Gasteiger partial charge on any atom is -0.473 e. The number of fused-ring (bicyclic) bond motifs is 1. The number of ether oxygens (including phenoxy) is 2. The van der Waals surface area contributed by atoms with E-state index in [1.807, 2.05) is 0 Å². The number of benzene rings is 2. The van der Waals surface area contributed by atoms with E-state index in [0.717, 1.165) is 43.5 Å². The largest absolute Gasteiger partial charge is 0.473 e. The smallest absolute Gasteiger partial charge is 0.214 e. The number of nitrogens with zero attached hydrogens (tertiary/aromatic N) is 2. The summed E-state index contributed by atoms with van der Waals surface area (Å²) in [5, 5.41) is 3.26. The molecule has 0 unspecified atom stereocenters. The van der Waals surface area contributed by atoms with E-state index in [9.17, 15) is 13.2 Å². The molecule has 1 saturated heterocycles. The molecular formula is C20H18F3N3O2. The van der Waals surface area contributed by atoms with Gasteiger partial charge in [-0.2, -0.15) is 0 Å². The van der Waals surface area contributed by atoms with Crippen molar-refractivity contribution in [2.45, 2.75) is 13.0 Å². The number of rotatable bonds is 4. The topological polar surface area (TPSA) is 46.1 Å². The van der Waals surface area contributed by atoms with Crippen LogP contribution in [-0.4, -0.2) is 30.6 Å². The van der Waals surface area contributed by atoms with Crippen molar-refractivity contribution in [1.82, 2.24) is 10.2 Å². The zero-order valence-electron chi connectivity index (χ0n) is 14.9. The SMILES string of the molecule is Fc1cccc(Oc2c(F)cc(COC3=NCN4CCCNC4=C3)cc2F)c1. The van der Waals surface area contributed by atoms with Crippen LogP contribution in [-0.2, 0) is 11.3 Å². The summed E-state index contributed by atoms with van der Waals surface area (Å²) in [7, 11) is 0. The van der Waals surface area contributed by atoms with Gasteiger partial charge in [-0.15, -0.1) is 0 Å². The second-order valence-corrected chi connectivity index (χ2v) is 6.45. The Labute approximate surface area is 160 Å². The number of hydrogen-bond acceptors (Lipinski definition) is 5. The monoisotopic (exact) mass is 389 g/mol. The van der Waals surface area contributed by atoms with Crippen LogP contribution in [0.3, 0.4) is 0 Å². The summed E-state index contributed by atoms with van der Waals surface area (Å²) in [5.74, 6) is -1.59. The molecule has 0 radical (unpaired) electrons. The number of aliphatic imine (C=N–C) groups is 1. The molecule has 0 atom stereocenters. The molecule has 0 aromatic heterocycles. The Morgan fingerprint density at radius 2 is 1.93 bits per heavy atom. The van der Waals surface area contributed by atoms with Crippen LogP contribution in [0.2, 0.25) is 0 Å². The van der Waals surface area contributed by atoms with E-state index in [1.54, 1.807) is 6.08 Å². The van der Waals surface area contributed by atoms with Crippen LogP contribution in [0.4, 0.5) is 13.2 Å². The quantitative estimate of drug-likeness (QED) is 0.861. The maximum Gasteiger partial charge on any atom is 0.214 e. The molecule has 0 bridgehead atoms. The molecule has 0 spiro atoms. The summed E-state index contributed by atoms with van der Waals surface area (Å²) in [6.45, 7) is 2.26. The summed E-state index contributed by atoms with van der Waals surface area (Å²) >= 11 is 0. The van der Waals surface area contributed by atoms with Crippen molar-refractivity contribution < 1.29 is 22.6 Å². The van der Waals surface area contributed by atoms with Gasteiger partial charge in [0.15, 0.2) is 17.4 Å². The third-order valence-corrected chi connectivity index (χ3v) is 4.37.